The third kappa shape index (κ3) is 6.57. The number of benzene rings is 2. The Morgan fingerprint density at radius 3 is 2.14 bits per heavy atom. The molecule has 0 saturated heterocycles. The number of ether oxygens (including phenoxy) is 2. The van der Waals surface area contributed by atoms with Crippen LogP contribution in [0.3, 0.4) is 0 Å². The monoisotopic (exact) mass is 403 g/mol. The van der Waals surface area contributed by atoms with E-state index in [2.05, 4.69) is 5.32 Å². The van der Waals surface area contributed by atoms with E-state index in [1.807, 2.05) is 55.5 Å². The largest absolute Gasteiger partial charge is 0.476 e. The number of hydrogen-bond donors (Lipinski definition) is 1. The molecule has 1 atom stereocenters. The van der Waals surface area contributed by atoms with E-state index in [9.17, 15) is 9.59 Å². The minimum atomic E-state index is -1.09. The molecule has 0 bridgehead atoms. The van der Waals surface area contributed by atoms with Crippen LogP contribution in [-0.2, 0) is 20.7 Å². The maximum absolute atomic E-state index is 12.4. The highest BCUT2D eigenvalue weighted by Gasteiger charge is 2.35. The highest BCUT2D eigenvalue weighted by molar-refractivity contribution is 6.30. The average molecular weight is 404 g/mol. The van der Waals surface area contributed by atoms with E-state index in [4.69, 9.17) is 21.1 Å². The molecule has 2 rings (SSSR count). The van der Waals surface area contributed by atoms with Gasteiger partial charge >= 0.3 is 5.97 Å². The first kappa shape index (κ1) is 21.8. The highest BCUT2D eigenvalue weighted by atomic mass is 35.5. The van der Waals surface area contributed by atoms with Crippen molar-refractivity contribution in [2.45, 2.75) is 39.2 Å². The standard InChI is InChI=1S/C22H26ClNO4/c1-4-22(3,21(26)27-14-13-24-16(2)25)28-20-11-7-18(8-12-20)15-17-5-9-19(23)10-6-17/h5-12H,4,13-15H2,1-3H3,(H,24,25)/t22-/m0/s1. The van der Waals surface area contributed by atoms with E-state index in [1.54, 1.807) is 6.92 Å². The van der Waals surface area contributed by atoms with Crippen LogP contribution in [0.5, 0.6) is 5.75 Å². The number of hydrogen-bond acceptors (Lipinski definition) is 4. The quantitative estimate of drug-likeness (QED) is 0.504. The molecule has 0 aliphatic rings. The van der Waals surface area contributed by atoms with Crippen molar-refractivity contribution < 1.29 is 19.1 Å². The molecule has 0 spiro atoms. The van der Waals surface area contributed by atoms with Gasteiger partial charge in [-0.2, -0.15) is 0 Å². The molecule has 0 aromatic heterocycles. The second-order valence-corrected chi connectivity index (χ2v) is 7.19. The van der Waals surface area contributed by atoms with E-state index >= 15 is 0 Å². The highest BCUT2D eigenvalue weighted by Crippen LogP contribution is 2.24. The lowest BCUT2D eigenvalue weighted by atomic mass is 10.0. The Kier molecular flexibility index (Phi) is 7.88. The fourth-order valence-electron chi connectivity index (χ4n) is 2.56. The van der Waals surface area contributed by atoms with Crippen LogP contribution in [0, 0.1) is 0 Å². The van der Waals surface area contributed by atoms with E-state index in [0.717, 1.165) is 17.0 Å². The number of esters is 1. The first-order chi connectivity index (χ1) is 13.3. The van der Waals surface area contributed by atoms with Crippen LogP contribution in [0.2, 0.25) is 5.02 Å². The Morgan fingerprint density at radius 2 is 1.61 bits per heavy atom. The molecule has 0 fully saturated rings. The Hall–Kier alpha value is -2.53. The normalized spacial score (nSPS) is 12.7. The van der Waals surface area contributed by atoms with Crippen molar-refractivity contribution in [3.63, 3.8) is 0 Å². The zero-order valence-corrected chi connectivity index (χ0v) is 17.2. The molecule has 1 N–H and O–H groups in total. The summed E-state index contributed by atoms with van der Waals surface area (Å²) in [5, 5.41) is 3.30. The lowest BCUT2D eigenvalue weighted by Gasteiger charge is -2.27. The Morgan fingerprint density at radius 1 is 1.04 bits per heavy atom. The molecule has 0 aliphatic carbocycles. The van der Waals surface area contributed by atoms with Gasteiger partial charge in [-0.15, -0.1) is 0 Å². The maximum Gasteiger partial charge on any atom is 0.350 e. The van der Waals surface area contributed by atoms with Crippen LogP contribution in [0.15, 0.2) is 48.5 Å². The Labute approximate surface area is 171 Å². The van der Waals surface area contributed by atoms with Gasteiger partial charge in [-0.1, -0.05) is 42.8 Å². The van der Waals surface area contributed by atoms with Crippen molar-refractivity contribution in [1.29, 1.82) is 0 Å². The molecule has 0 aliphatic heterocycles. The van der Waals surface area contributed by atoms with Crippen molar-refractivity contribution >= 4 is 23.5 Å². The summed E-state index contributed by atoms with van der Waals surface area (Å²) >= 11 is 5.92. The zero-order valence-electron chi connectivity index (χ0n) is 16.5. The van der Waals surface area contributed by atoms with E-state index in [1.165, 1.54) is 12.5 Å². The van der Waals surface area contributed by atoms with Crippen molar-refractivity contribution in [1.82, 2.24) is 5.32 Å². The molecule has 0 saturated carbocycles. The zero-order chi connectivity index (χ0) is 20.6. The van der Waals surface area contributed by atoms with Crippen LogP contribution in [0.4, 0.5) is 0 Å². The molecule has 150 valence electrons. The summed E-state index contributed by atoms with van der Waals surface area (Å²) in [6.07, 6.45) is 1.24. The number of carbonyl (C=O) groups excluding carboxylic acids is 2. The van der Waals surface area contributed by atoms with E-state index in [-0.39, 0.29) is 19.1 Å². The molecular weight excluding hydrogens is 378 g/mol. The lowest BCUT2D eigenvalue weighted by Crippen LogP contribution is -2.43. The summed E-state index contributed by atoms with van der Waals surface area (Å²) in [6.45, 7) is 5.37. The SMILES string of the molecule is CC[C@](C)(Oc1ccc(Cc2ccc(Cl)cc2)cc1)C(=O)OCCNC(C)=O. The van der Waals surface area contributed by atoms with Crippen LogP contribution >= 0.6 is 11.6 Å². The second-order valence-electron chi connectivity index (χ2n) is 6.75. The first-order valence-corrected chi connectivity index (χ1v) is 9.64. The fraction of sp³-hybridized carbons (Fsp3) is 0.364. The summed E-state index contributed by atoms with van der Waals surface area (Å²) in [7, 11) is 0. The minimum Gasteiger partial charge on any atom is -0.476 e. The smallest absolute Gasteiger partial charge is 0.350 e. The summed E-state index contributed by atoms with van der Waals surface area (Å²) in [5.41, 5.74) is 1.21. The summed E-state index contributed by atoms with van der Waals surface area (Å²) in [5.74, 6) is -0.0159. The Balaban J connectivity index is 1.94. The number of amides is 1. The molecule has 2 aromatic rings. The van der Waals surface area contributed by atoms with E-state index < -0.39 is 11.6 Å². The third-order valence-corrected chi connectivity index (χ3v) is 4.66. The predicted octanol–water partition coefficient (Wildman–Crippen LogP) is 4.16. The molecule has 6 heteroatoms. The van der Waals surface area contributed by atoms with Gasteiger partial charge in [0.05, 0.1) is 6.54 Å². The maximum atomic E-state index is 12.4. The predicted molar refractivity (Wildman–Crippen MR) is 110 cm³/mol. The van der Waals surface area contributed by atoms with Gasteiger partial charge in [-0.05, 0) is 55.2 Å². The summed E-state index contributed by atoms with van der Waals surface area (Å²) in [4.78, 5) is 23.3. The van der Waals surface area contributed by atoms with Gasteiger partial charge in [0.15, 0.2) is 0 Å². The fourth-order valence-corrected chi connectivity index (χ4v) is 2.68. The van der Waals surface area contributed by atoms with Gasteiger partial charge in [0.25, 0.3) is 0 Å². The number of carbonyl (C=O) groups is 2. The van der Waals surface area contributed by atoms with Crippen LogP contribution in [0.25, 0.3) is 0 Å². The second kappa shape index (κ2) is 10.1. The molecule has 2 aromatic carbocycles. The first-order valence-electron chi connectivity index (χ1n) is 9.26. The average Bonchev–Trinajstić information content (AvgIpc) is 2.68. The molecule has 1 amide bonds. The van der Waals surface area contributed by atoms with Crippen molar-refractivity contribution in [3.05, 3.63) is 64.7 Å². The van der Waals surface area contributed by atoms with Crippen molar-refractivity contribution in [2.75, 3.05) is 13.2 Å². The van der Waals surface area contributed by atoms with E-state index in [0.29, 0.717) is 12.2 Å². The molecule has 0 heterocycles. The number of nitrogens with one attached hydrogen (secondary N) is 1. The van der Waals surface area contributed by atoms with Gasteiger partial charge in [0, 0.05) is 11.9 Å². The van der Waals surface area contributed by atoms with Gasteiger partial charge in [0.2, 0.25) is 11.5 Å². The molecular formula is C22H26ClNO4. The van der Waals surface area contributed by atoms with Gasteiger partial charge in [0.1, 0.15) is 12.4 Å². The number of halogens is 1. The van der Waals surface area contributed by atoms with Crippen molar-refractivity contribution in [2.24, 2.45) is 0 Å². The summed E-state index contributed by atoms with van der Waals surface area (Å²) in [6, 6.07) is 15.4. The lowest BCUT2D eigenvalue weighted by molar-refractivity contribution is -0.161. The third-order valence-electron chi connectivity index (χ3n) is 4.40. The van der Waals surface area contributed by atoms with Gasteiger partial charge in [-0.3, -0.25) is 4.79 Å². The molecule has 28 heavy (non-hydrogen) atoms. The van der Waals surface area contributed by atoms with Gasteiger partial charge < -0.3 is 14.8 Å². The minimum absolute atomic E-state index is 0.109. The number of rotatable bonds is 9. The molecule has 0 unspecified atom stereocenters. The Bertz CT molecular complexity index is 789. The topological polar surface area (TPSA) is 64.6 Å². The van der Waals surface area contributed by atoms with Crippen LogP contribution < -0.4 is 10.1 Å². The van der Waals surface area contributed by atoms with Crippen LogP contribution in [-0.4, -0.2) is 30.6 Å². The molecule has 0 radical (unpaired) electrons. The van der Waals surface area contributed by atoms with Crippen molar-refractivity contribution in [3.8, 4) is 5.75 Å². The van der Waals surface area contributed by atoms with Crippen LogP contribution in [0.1, 0.15) is 38.3 Å². The van der Waals surface area contributed by atoms with Gasteiger partial charge in [-0.25, -0.2) is 4.79 Å². The molecule has 5 nitrogen and oxygen atoms in total. The summed E-state index contributed by atoms with van der Waals surface area (Å²) < 4.78 is 11.2.